The maximum absolute atomic E-state index is 14.0. The van der Waals surface area contributed by atoms with E-state index in [4.69, 9.17) is 4.74 Å². The lowest BCUT2D eigenvalue weighted by Crippen LogP contribution is -2.44. The van der Waals surface area contributed by atoms with Crippen LogP contribution in [0.4, 0.5) is 9.18 Å². The smallest absolute Gasteiger partial charge is 0.410 e. The van der Waals surface area contributed by atoms with Crippen molar-refractivity contribution in [3.05, 3.63) is 54.3 Å². The van der Waals surface area contributed by atoms with Gasteiger partial charge in [0.2, 0.25) is 0 Å². The Bertz CT molecular complexity index is 925. The first-order valence-electron chi connectivity index (χ1n) is 8.09. The normalized spacial score (nSPS) is 11.6. The SMILES string of the molecule is CN(C(=O)Oc1ccc2cc(-c3ccccc3F)[nH]c2c1)C(C)(C)C. The highest BCUT2D eigenvalue weighted by atomic mass is 19.1. The third-order valence-corrected chi connectivity index (χ3v) is 4.24. The lowest BCUT2D eigenvalue weighted by atomic mass is 10.1. The summed E-state index contributed by atoms with van der Waals surface area (Å²) in [5, 5.41) is 0.919. The number of halogens is 1. The number of hydrogen-bond donors (Lipinski definition) is 1. The van der Waals surface area contributed by atoms with Crippen molar-refractivity contribution in [2.45, 2.75) is 26.3 Å². The second-order valence-electron chi connectivity index (χ2n) is 7.01. The molecule has 0 saturated heterocycles. The molecule has 4 nitrogen and oxygen atoms in total. The average molecular weight is 340 g/mol. The van der Waals surface area contributed by atoms with Crippen LogP contribution in [0.15, 0.2) is 48.5 Å². The molecule has 0 aliphatic carbocycles. The number of benzene rings is 2. The van der Waals surface area contributed by atoms with E-state index in [1.807, 2.05) is 32.9 Å². The molecule has 1 aromatic heterocycles. The highest BCUT2D eigenvalue weighted by Gasteiger charge is 2.24. The minimum absolute atomic E-state index is 0.285. The summed E-state index contributed by atoms with van der Waals surface area (Å²) in [5.41, 5.74) is 1.64. The van der Waals surface area contributed by atoms with Crippen molar-refractivity contribution in [3.63, 3.8) is 0 Å². The number of aromatic nitrogens is 1. The lowest BCUT2D eigenvalue weighted by Gasteiger charge is -2.30. The lowest BCUT2D eigenvalue weighted by molar-refractivity contribution is 0.124. The molecule has 1 N–H and O–H groups in total. The van der Waals surface area contributed by atoms with E-state index in [1.165, 1.54) is 11.0 Å². The Hall–Kier alpha value is -2.82. The summed E-state index contributed by atoms with van der Waals surface area (Å²) in [7, 11) is 1.70. The molecule has 0 radical (unpaired) electrons. The molecule has 0 unspecified atom stereocenters. The molecule has 0 saturated carbocycles. The van der Waals surface area contributed by atoms with E-state index in [2.05, 4.69) is 4.98 Å². The van der Waals surface area contributed by atoms with E-state index >= 15 is 0 Å². The minimum Gasteiger partial charge on any atom is -0.410 e. The van der Waals surface area contributed by atoms with Crippen LogP contribution in [0.2, 0.25) is 0 Å². The molecule has 0 bridgehead atoms. The predicted molar refractivity (Wildman–Crippen MR) is 97.2 cm³/mol. The van der Waals surface area contributed by atoms with Crippen molar-refractivity contribution in [1.82, 2.24) is 9.88 Å². The van der Waals surface area contributed by atoms with Crippen LogP contribution >= 0.6 is 0 Å². The number of nitrogens with zero attached hydrogens (tertiary/aromatic N) is 1. The van der Waals surface area contributed by atoms with Gasteiger partial charge in [-0.3, -0.25) is 0 Å². The van der Waals surface area contributed by atoms with E-state index in [1.54, 1.807) is 37.4 Å². The van der Waals surface area contributed by atoms with E-state index in [-0.39, 0.29) is 11.4 Å². The number of hydrogen-bond acceptors (Lipinski definition) is 2. The Morgan fingerprint density at radius 1 is 1.12 bits per heavy atom. The number of ether oxygens (including phenoxy) is 1. The Labute approximate surface area is 146 Å². The number of aromatic amines is 1. The van der Waals surface area contributed by atoms with E-state index in [0.717, 1.165) is 10.9 Å². The Kier molecular flexibility index (Phi) is 4.25. The van der Waals surface area contributed by atoms with Crippen molar-refractivity contribution >= 4 is 17.0 Å². The van der Waals surface area contributed by atoms with E-state index in [9.17, 15) is 9.18 Å². The van der Waals surface area contributed by atoms with Crippen LogP contribution < -0.4 is 4.74 Å². The van der Waals surface area contributed by atoms with Crippen molar-refractivity contribution in [2.75, 3.05) is 7.05 Å². The maximum atomic E-state index is 14.0. The van der Waals surface area contributed by atoms with Crippen LogP contribution in [0.1, 0.15) is 20.8 Å². The molecule has 3 rings (SSSR count). The van der Waals surface area contributed by atoms with Gasteiger partial charge in [-0.05, 0) is 51.1 Å². The fourth-order valence-corrected chi connectivity index (χ4v) is 2.44. The molecule has 130 valence electrons. The summed E-state index contributed by atoms with van der Waals surface area (Å²) in [4.78, 5) is 16.9. The number of carbonyl (C=O) groups is 1. The second kappa shape index (κ2) is 6.24. The standard InChI is InChI=1S/C20H21FN2O2/c1-20(2,3)23(4)19(24)25-14-10-9-13-11-18(22-17(13)12-14)15-7-5-6-8-16(15)21/h5-12,22H,1-4H3. The number of rotatable bonds is 2. The molecule has 0 spiro atoms. The number of carbonyl (C=O) groups excluding carboxylic acids is 1. The van der Waals surface area contributed by atoms with E-state index < -0.39 is 6.09 Å². The van der Waals surface area contributed by atoms with Gasteiger partial charge in [0.05, 0.1) is 0 Å². The van der Waals surface area contributed by atoms with Gasteiger partial charge < -0.3 is 14.6 Å². The molecule has 5 heteroatoms. The third-order valence-electron chi connectivity index (χ3n) is 4.24. The zero-order valence-corrected chi connectivity index (χ0v) is 14.8. The van der Waals surface area contributed by atoms with Gasteiger partial charge in [0.25, 0.3) is 0 Å². The monoisotopic (exact) mass is 340 g/mol. The Balaban J connectivity index is 1.89. The topological polar surface area (TPSA) is 45.3 Å². The van der Waals surface area contributed by atoms with Crippen LogP contribution in [-0.2, 0) is 0 Å². The highest BCUT2D eigenvalue weighted by Crippen LogP contribution is 2.28. The molecular weight excluding hydrogens is 319 g/mol. The molecule has 1 heterocycles. The van der Waals surface area contributed by atoms with Crippen LogP contribution in [-0.4, -0.2) is 28.6 Å². The van der Waals surface area contributed by atoms with Crippen molar-refractivity contribution < 1.29 is 13.9 Å². The average Bonchev–Trinajstić information content (AvgIpc) is 2.96. The molecule has 2 aromatic carbocycles. The molecule has 25 heavy (non-hydrogen) atoms. The van der Waals surface area contributed by atoms with Crippen molar-refractivity contribution in [2.24, 2.45) is 0 Å². The van der Waals surface area contributed by atoms with Crippen LogP contribution in [0.5, 0.6) is 5.75 Å². The van der Waals surface area contributed by atoms with Gasteiger partial charge in [-0.2, -0.15) is 0 Å². The molecule has 1 amide bonds. The number of H-pyrrole nitrogens is 1. The van der Waals surface area contributed by atoms with Gasteiger partial charge in [-0.15, -0.1) is 0 Å². The Morgan fingerprint density at radius 3 is 2.52 bits per heavy atom. The summed E-state index contributed by atoms with van der Waals surface area (Å²) in [6.07, 6.45) is -0.423. The molecule has 0 fully saturated rings. The number of amides is 1. The molecule has 0 aliphatic rings. The summed E-state index contributed by atoms with van der Waals surface area (Å²) in [6, 6.07) is 13.8. The zero-order chi connectivity index (χ0) is 18.2. The first-order valence-corrected chi connectivity index (χ1v) is 8.09. The fraction of sp³-hybridized carbons (Fsp3) is 0.250. The third kappa shape index (κ3) is 3.50. The van der Waals surface area contributed by atoms with Crippen LogP contribution in [0.25, 0.3) is 22.2 Å². The molecule has 0 atom stereocenters. The van der Waals surface area contributed by atoms with Crippen molar-refractivity contribution in [3.8, 4) is 17.0 Å². The summed E-state index contributed by atoms with van der Waals surface area (Å²) in [6.45, 7) is 5.80. The first kappa shape index (κ1) is 17.0. The molecule has 3 aromatic rings. The van der Waals surface area contributed by atoms with Gasteiger partial charge in [-0.25, -0.2) is 9.18 Å². The van der Waals surface area contributed by atoms with Crippen LogP contribution in [0.3, 0.4) is 0 Å². The fourth-order valence-electron chi connectivity index (χ4n) is 2.44. The minimum atomic E-state index is -0.423. The van der Waals surface area contributed by atoms with Gasteiger partial charge >= 0.3 is 6.09 Å². The number of nitrogens with one attached hydrogen (secondary N) is 1. The highest BCUT2D eigenvalue weighted by molar-refractivity contribution is 5.87. The maximum Gasteiger partial charge on any atom is 0.415 e. The first-order chi connectivity index (χ1) is 11.8. The second-order valence-corrected chi connectivity index (χ2v) is 7.01. The van der Waals surface area contributed by atoms with Gasteiger partial charge in [0.15, 0.2) is 0 Å². The summed E-state index contributed by atoms with van der Waals surface area (Å²) < 4.78 is 19.4. The van der Waals surface area contributed by atoms with Gasteiger partial charge in [0, 0.05) is 40.8 Å². The molecule has 0 aliphatic heterocycles. The van der Waals surface area contributed by atoms with Crippen molar-refractivity contribution in [1.29, 1.82) is 0 Å². The largest absolute Gasteiger partial charge is 0.415 e. The summed E-state index contributed by atoms with van der Waals surface area (Å²) >= 11 is 0. The van der Waals surface area contributed by atoms with Crippen LogP contribution in [0, 0.1) is 5.82 Å². The van der Waals surface area contributed by atoms with Gasteiger partial charge in [-0.1, -0.05) is 12.1 Å². The predicted octanol–water partition coefficient (Wildman–Crippen LogP) is 5.20. The van der Waals surface area contributed by atoms with Gasteiger partial charge in [0.1, 0.15) is 11.6 Å². The Morgan fingerprint density at radius 2 is 1.84 bits per heavy atom. The quantitative estimate of drug-likeness (QED) is 0.696. The molecular formula is C20H21FN2O2. The number of fused-ring (bicyclic) bond motifs is 1. The van der Waals surface area contributed by atoms with E-state index in [0.29, 0.717) is 17.0 Å². The zero-order valence-electron chi connectivity index (χ0n) is 14.8. The summed E-state index contributed by atoms with van der Waals surface area (Å²) in [5.74, 6) is 0.156.